The molecular formula is C19H28N4S. The van der Waals surface area contributed by atoms with Crippen molar-refractivity contribution in [2.45, 2.75) is 52.6 Å². The summed E-state index contributed by atoms with van der Waals surface area (Å²) < 4.78 is 0. The lowest BCUT2D eigenvalue weighted by atomic mass is 9.93. The molecule has 0 radical (unpaired) electrons. The van der Waals surface area contributed by atoms with E-state index in [-0.39, 0.29) is 11.5 Å². The van der Waals surface area contributed by atoms with Gasteiger partial charge in [0.25, 0.3) is 0 Å². The summed E-state index contributed by atoms with van der Waals surface area (Å²) in [5.41, 5.74) is 2.46. The number of nitrogens with zero attached hydrogens (tertiary/aromatic N) is 2. The molecule has 0 fully saturated rings. The molecule has 5 heteroatoms. The first kappa shape index (κ1) is 18.5. The first-order valence-electron chi connectivity index (χ1n) is 8.45. The van der Waals surface area contributed by atoms with Crippen molar-refractivity contribution in [2.75, 3.05) is 6.54 Å². The van der Waals surface area contributed by atoms with Crippen molar-refractivity contribution in [3.63, 3.8) is 0 Å². The summed E-state index contributed by atoms with van der Waals surface area (Å²) >= 11 is 1.68. The number of hydrogen-bond acceptors (Lipinski definition) is 3. The zero-order valence-electron chi connectivity index (χ0n) is 15.3. The van der Waals surface area contributed by atoms with Gasteiger partial charge in [-0.1, -0.05) is 51.1 Å². The molecule has 1 aromatic carbocycles. The summed E-state index contributed by atoms with van der Waals surface area (Å²) in [6, 6.07) is 10.6. The summed E-state index contributed by atoms with van der Waals surface area (Å²) in [6.45, 7) is 12.2. The van der Waals surface area contributed by atoms with E-state index in [4.69, 9.17) is 4.98 Å². The van der Waals surface area contributed by atoms with Gasteiger partial charge in [0.2, 0.25) is 0 Å². The van der Waals surface area contributed by atoms with Crippen molar-refractivity contribution < 1.29 is 0 Å². The summed E-state index contributed by atoms with van der Waals surface area (Å²) in [6.07, 6.45) is 0. The van der Waals surface area contributed by atoms with Crippen molar-refractivity contribution in [2.24, 2.45) is 4.99 Å². The molecule has 4 nitrogen and oxygen atoms in total. The van der Waals surface area contributed by atoms with Crippen LogP contribution in [0, 0.1) is 0 Å². The minimum atomic E-state index is 0.0863. The van der Waals surface area contributed by atoms with E-state index >= 15 is 0 Å². The molecule has 0 bridgehead atoms. The first-order chi connectivity index (χ1) is 11.4. The third kappa shape index (κ3) is 5.34. The van der Waals surface area contributed by atoms with E-state index in [1.54, 1.807) is 11.3 Å². The fourth-order valence-corrected chi connectivity index (χ4v) is 3.17. The Bertz CT molecular complexity index is 656. The van der Waals surface area contributed by atoms with Crippen molar-refractivity contribution in [1.29, 1.82) is 0 Å². The normalized spacial score (nSPS) is 13.6. The monoisotopic (exact) mass is 344 g/mol. The Labute approximate surface area is 149 Å². The second-order valence-electron chi connectivity index (χ2n) is 6.85. The number of rotatable bonds is 5. The van der Waals surface area contributed by atoms with Crippen LogP contribution in [0.3, 0.4) is 0 Å². The lowest BCUT2D eigenvalue weighted by Crippen LogP contribution is -2.38. The van der Waals surface area contributed by atoms with Gasteiger partial charge in [0.15, 0.2) is 5.96 Å². The number of aromatic nitrogens is 1. The largest absolute Gasteiger partial charge is 0.357 e. The molecule has 130 valence electrons. The van der Waals surface area contributed by atoms with Crippen LogP contribution in [-0.4, -0.2) is 17.5 Å². The van der Waals surface area contributed by atoms with E-state index in [2.05, 4.69) is 79.9 Å². The summed E-state index contributed by atoms with van der Waals surface area (Å²) in [7, 11) is 0. The Morgan fingerprint density at radius 1 is 1.25 bits per heavy atom. The predicted molar refractivity (Wildman–Crippen MR) is 104 cm³/mol. The molecule has 1 unspecified atom stereocenters. The van der Waals surface area contributed by atoms with Crippen LogP contribution in [0.25, 0.3) is 0 Å². The number of aliphatic imine (C=N–C) groups is 1. The molecule has 0 aliphatic heterocycles. The molecule has 24 heavy (non-hydrogen) atoms. The summed E-state index contributed by atoms with van der Waals surface area (Å²) in [5.74, 6) is 0.821. The van der Waals surface area contributed by atoms with E-state index in [1.807, 2.05) is 6.07 Å². The Kier molecular flexibility index (Phi) is 6.37. The van der Waals surface area contributed by atoms with E-state index < -0.39 is 0 Å². The van der Waals surface area contributed by atoms with Gasteiger partial charge in [0.05, 0.1) is 18.3 Å². The van der Waals surface area contributed by atoms with Crippen LogP contribution >= 0.6 is 11.3 Å². The SMILES string of the molecule is CCNC(=NCc1nc(C(C)(C)C)cs1)NC(C)c1ccccc1. The first-order valence-corrected chi connectivity index (χ1v) is 9.32. The van der Waals surface area contributed by atoms with Gasteiger partial charge >= 0.3 is 0 Å². The highest BCUT2D eigenvalue weighted by Crippen LogP contribution is 2.24. The lowest BCUT2D eigenvalue weighted by molar-refractivity contribution is 0.571. The van der Waals surface area contributed by atoms with Crippen molar-refractivity contribution in [3.8, 4) is 0 Å². The van der Waals surface area contributed by atoms with Gasteiger partial charge in [-0.05, 0) is 19.4 Å². The lowest BCUT2D eigenvalue weighted by Gasteiger charge is -2.18. The van der Waals surface area contributed by atoms with Crippen LogP contribution in [0.2, 0.25) is 0 Å². The zero-order valence-corrected chi connectivity index (χ0v) is 16.1. The molecule has 2 aromatic rings. The Hall–Kier alpha value is -1.88. The smallest absolute Gasteiger partial charge is 0.192 e. The maximum atomic E-state index is 4.71. The average molecular weight is 345 g/mol. The van der Waals surface area contributed by atoms with Gasteiger partial charge in [-0.15, -0.1) is 11.3 Å². The number of hydrogen-bond donors (Lipinski definition) is 2. The highest BCUT2D eigenvalue weighted by atomic mass is 32.1. The number of guanidine groups is 1. The Morgan fingerprint density at radius 2 is 1.96 bits per heavy atom. The molecule has 1 aromatic heterocycles. The van der Waals surface area contributed by atoms with Gasteiger partial charge in [0, 0.05) is 17.3 Å². The molecule has 0 saturated heterocycles. The van der Waals surface area contributed by atoms with Gasteiger partial charge < -0.3 is 10.6 Å². The number of thiazole rings is 1. The minimum absolute atomic E-state index is 0.0863. The Morgan fingerprint density at radius 3 is 2.54 bits per heavy atom. The second kappa shape index (κ2) is 8.29. The van der Waals surface area contributed by atoms with E-state index in [9.17, 15) is 0 Å². The molecule has 0 saturated carbocycles. The third-order valence-electron chi connectivity index (χ3n) is 3.69. The molecule has 2 rings (SSSR count). The van der Waals surface area contributed by atoms with Gasteiger partial charge in [-0.25, -0.2) is 9.98 Å². The highest BCUT2D eigenvalue weighted by Gasteiger charge is 2.17. The molecule has 2 N–H and O–H groups in total. The van der Waals surface area contributed by atoms with E-state index in [0.29, 0.717) is 6.54 Å². The zero-order chi connectivity index (χ0) is 17.6. The van der Waals surface area contributed by atoms with Crippen molar-refractivity contribution in [3.05, 3.63) is 52.0 Å². The van der Waals surface area contributed by atoms with Crippen LogP contribution in [0.15, 0.2) is 40.7 Å². The maximum absolute atomic E-state index is 4.71. The van der Waals surface area contributed by atoms with Gasteiger partial charge in [-0.2, -0.15) is 0 Å². The predicted octanol–water partition coefficient (Wildman–Crippen LogP) is 4.26. The van der Waals surface area contributed by atoms with Crippen LogP contribution < -0.4 is 10.6 Å². The molecule has 0 amide bonds. The quantitative estimate of drug-likeness (QED) is 0.629. The fourth-order valence-electron chi connectivity index (χ4n) is 2.22. The fraction of sp³-hybridized carbons (Fsp3) is 0.474. The molecular weight excluding hydrogens is 316 g/mol. The maximum Gasteiger partial charge on any atom is 0.192 e. The van der Waals surface area contributed by atoms with Crippen LogP contribution in [0.5, 0.6) is 0 Å². The van der Waals surface area contributed by atoms with Gasteiger partial charge in [0.1, 0.15) is 5.01 Å². The Balaban J connectivity index is 2.04. The molecule has 1 heterocycles. The third-order valence-corrected chi connectivity index (χ3v) is 4.52. The molecule has 0 spiro atoms. The van der Waals surface area contributed by atoms with Gasteiger partial charge in [-0.3, -0.25) is 0 Å². The molecule has 0 aliphatic rings. The van der Waals surface area contributed by atoms with Crippen molar-refractivity contribution >= 4 is 17.3 Å². The summed E-state index contributed by atoms with van der Waals surface area (Å²) in [5, 5.41) is 9.95. The molecule has 0 aliphatic carbocycles. The summed E-state index contributed by atoms with van der Waals surface area (Å²) in [4.78, 5) is 9.39. The standard InChI is InChI=1S/C19H28N4S/c1-6-20-18(22-14(2)15-10-8-7-9-11-15)21-12-17-23-16(13-24-17)19(3,4)5/h7-11,13-14H,6,12H2,1-5H3,(H2,20,21,22). The second-order valence-corrected chi connectivity index (χ2v) is 7.79. The average Bonchev–Trinajstić information content (AvgIpc) is 3.03. The van der Waals surface area contributed by atoms with Crippen molar-refractivity contribution in [1.82, 2.24) is 15.6 Å². The van der Waals surface area contributed by atoms with Crippen LogP contribution in [0.1, 0.15) is 56.9 Å². The highest BCUT2D eigenvalue weighted by molar-refractivity contribution is 7.09. The number of benzene rings is 1. The minimum Gasteiger partial charge on any atom is -0.357 e. The van der Waals surface area contributed by atoms with Crippen LogP contribution in [0.4, 0.5) is 0 Å². The topological polar surface area (TPSA) is 49.3 Å². The van der Waals surface area contributed by atoms with E-state index in [1.165, 1.54) is 5.56 Å². The van der Waals surface area contributed by atoms with Crippen LogP contribution in [-0.2, 0) is 12.0 Å². The molecule has 1 atom stereocenters. The van der Waals surface area contributed by atoms with E-state index in [0.717, 1.165) is 23.2 Å². The number of nitrogens with one attached hydrogen (secondary N) is 2.